The molecule has 0 bridgehead atoms. The third kappa shape index (κ3) is 9.32. The van der Waals surface area contributed by atoms with Crippen LogP contribution in [-0.2, 0) is 13.5 Å². The predicted octanol–water partition coefficient (Wildman–Crippen LogP) is 10.5. The molecule has 0 aromatic heterocycles. The van der Waals surface area contributed by atoms with E-state index < -0.39 is 13.5 Å². The van der Waals surface area contributed by atoms with Crippen molar-refractivity contribution in [3.63, 3.8) is 0 Å². The van der Waals surface area contributed by atoms with Crippen LogP contribution in [0, 0.1) is 41.5 Å². The molecule has 4 aromatic rings. The minimum atomic E-state index is -2.08. The first kappa shape index (κ1) is 35.0. The zero-order valence-corrected chi connectivity index (χ0v) is 31.0. The Morgan fingerprint density at radius 1 is 0.711 bits per heavy atom. The van der Waals surface area contributed by atoms with E-state index in [-0.39, 0.29) is 6.10 Å². The van der Waals surface area contributed by atoms with Gasteiger partial charge in [0.15, 0.2) is 0 Å². The normalized spacial score (nSPS) is 13.3. The molecule has 5 rings (SSSR count). The Labute approximate surface area is 284 Å². The van der Waals surface area contributed by atoms with Crippen LogP contribution in [0.15, 0.2) is 84.9 Å². The van der Waals surface area contributed by atoms with Crippen molar-refractivity contribution in [2.24, 2.45) is 0 Å². The Kier molecular flexibility index (Phi) is 12.5. The van der Waals surface area contributed by atoms with Crippen molar-refractivity contribution >= 4 is 40.9 Å². The van der Waals surface area contributed by atoms with Gasteiger partial charge in [-0.15, -0.1) is 0 Å². The molecule has 1 aliphatic rings. The van der Waals surface area contributed by atoms with E-state index in [2.05, 4.69) is 75.6 Å². The van der Waals surface area contributed by atoms with Crippen molar-refractivity contribution in [1.82, 2.24) is 0 Å². The largest absolute Gasteiger partial charge is 0.352 e. The monoisotopic (exact) mass is 730 g/mol. The summed E-state index contributed by atoms with van der Waals surface area (Å²) in [5.74, 6) is 0.824. The summed E-state index contributed by atoms with van der Waals surface area (Å²) >= 11 is -2.08. The molecule has 0 amide bonds. The molecule has 0 saturated carbocycles. The first-order chi connectivity index (χ1) is 21.4. The van der Waals surface area contributed by atoms with E-state index in [1.54, 1.807) is 0 Å². The fourth-order valence-corrected chi connectivity index (χ4v) is 8.71. The second-order valence-electron chi connectivity index (χ2n) is 12.1. The Bertz CT molecular complexity index is 1570. The van der Waals surface area contributed by atoms with Crippen molar-refractivity contribution in [3.05, 3.63) is 129 Å². The average Bonchev–Trinajstić information content (AvgIpc) is 3.42. The van der Waals surface area contributed by atoms with Gasteiger partial charge in [-0.1, -0.05) is 35.4 Å². The molecule has 1 heterocycles. The van der Waals surface area contributed by atoms with Gasteiger partial charge in [-0.25, -0.2) is 0 Å². The topological polar surface area (TPSA) is 15.7 Å². The van der Waals surface area contributed by atoms with Crippen LogP contribution < -0.4 is 14.5 Å². The molecule has 0 aliphatic carbocycles. The summed E-state index contributed by atoms with van der Waals surface area (Å²) in [6.45, 7) is 20.5. The van der Waals surface area contributed by atoms with Crippen molar-refractivity contribution < 1.29 is 18.3 Å². The molecule has 0 N–H and O–H groups in total. The van der Waals surface area contributed by atoms with Gasteiger partial charge in [0, 0.05) is 24.5 Å². The number of para-hydroxylation sites is 1. The minimum Gasteiger partial charge on any atom is -0.352 e. The molecule has 3 nitrogen and oxygen atoms in total. The second-order valence-corrected chi connectivity index (χ2v) is 17.9. The number of halogens is 2. The smallest absolute Gasteiger partial charge is 0.0904 e. The van der Waals surface area contributed by atoms with E-state index in [4.69, 9.17) is 24.1 Å². The fraction of sp³-hybridized carbons (Fsp3) is 0.308. The molecule has 1 aliphatic heterocycles. The molecule has 1 saturated heterocycles. The molecule has 6 heteroatoms. The number of aryl methyl sites for hydroxylation is 6. The molecule has 45 heavy (non-hydrogen) atoms. The van der Waals surface area contributed by atoms with E-state index in [0.29, 0.717) is 0 Å². The average molecular weight is 731 g/mol. The zero-order chi connectivity index (χ0) is 32.7. The van der Waals surface area contributed by atoms with Crippen LogP contribution in [0.25, 0.3) is 6.08 Å². The molecule has 4 aromatic carbocycles. The van der Waals surface area contributed by atoms with E-state index in [1.807, 2.05) is 80.6 Å². The number of nitrogens with zero attached hydrogens (tertiary/aromatic N) is 2. The Morgan fingerprint density at radius 3 is 1.64 bits per heavy atom. The van der Waals surface area contributed by atoms with Gasteiger partial charge in [0.2, 0.25) is 0 Å². The SMILES string of the molecule is CC(C)Oc1ccccc1[C](/C=C/c1ccccc1)=[Ru]([Cl])[Cl].Cc1cc(C)c(N2CCN(c3c(C)cc(C)cc3C)C2)c(C)c1. The summed E-state index contributed by atoms with van der Waals surface area (Å²) in [6, 6.07) is 27.2. The second kappa shape index (κ2) is 16.1. The number of hydrogen-bond donors (Lipinski definition) is 0. The van der Waals surface area contributed by atoms with Gasteiger partial charge >= 0.3 is 145 Å². The van der Waals surface area contributed by atoms with Gasteiger partial charge < -0.3 is 9.80 Å². The standard InChI is InChI=1S/C21H28N2.C18H18O.2ClH.Ru/c1-14-9-16(3)20(17(4)10-14)22-7-8-23(13-22)21-18(5)11-15(2)12-19(21)6;1-15(2)19-18-14-7-6-12-17(18)13-8-11-16-9-4-3-5-10-16;;;/h9-12H,7-8,13H2,1-6H3;3-12,14-15H,1-2H3;2*1H;/q;;;;+2/p-2/b;11-8+;;;. The maximum Gasteiger partial charge on any atom is 0.0904 e. The van der Waals surface area contributed by atoms with Gasteiger partial charge in [0.05, 0.1) is 6.67 Å². The summed E-state index contributed by atoms with van der Waals surface area (Å²) in [6.07, 6.45) is 4.15. The van der Waals surface area contributed by atoms with Crippen LogP contribution >= 0.6 is 19.4 Å². The quantitative estimate of drug-likeness (QED) is 0.176. The maximum atomic E-state index is 6.32. The first-order valence-electron chi connectivity index (χ1n) is 15.5. The predicted molar refractivity (Wildman–Crippen MR) is 194 cm³/mol. The first-order valence-corrected chi connectivity index (χ1v) is 20.8. The Balaban J connectivity index is 0.000000205. The molecular formula is C39H46Cl2N2ORu. The molecule has 0 atom stereocenters. The van der Waals surface area contributed by atoms with Gasteiger partial charge in [-0.2, -0.15) is 0 Å². The molecule has 0 radical (unpaired) electrons. The van der Waals surface area contributed by atoms with E-state index in [0.717, 1.165) is 40.7 Å². The third-order valence-electron chi connectivity index (χ3n) is 7.75. The van der Waals surface area contributed by atoms with Crippen molar-refractivity contribution in [2.75, 3.05) is 29.6 Å². The van der Waals surface area contributed by atoms with Gasteiger partial charge in [-0.05, 0) is 63.8 Å². The number of anilines is 2. The molecular weight excluding hydrogens is 684 g/mol. The van der Waals surface area contributed by atoms with E-state index in [9.17, 15) is 0 Å². The van der Waals surface area contributed by atoms with Crippen LogP contribution in [0.2, 0.25) is 0 Å². The Hall–Kier alpha value is -2.91. The van der Waals surface area contributed by atoms with E-state index in [1.165, 1.54) is 44.8 Å². The van der Waals surface area contributed by atoms with Crippen molar-refractivity contribution in [1.29, 1.82) is 0 Å². The molecule has 0 spiro atoms. The summed E-state index contributed by atoms with van der Waals surface area (Å²) < 4.78 is 6.85. The Morgan fingerprint density at radius 2 is 1.18 bits per heavy atom. The summed E-state index contributed by atoms with van der Waals surface area (Å²) in [7, 11) is 12.6. The van der Waals surface area contributed by atoms with E-state index >= 15 is 0 Å². The minimum absolute atomic E-state index is 0.104. The number of rotatable bonds is 7. The summed E-state index contributed by atoms with van der Waals surface area (Å²) in [4.78, 5) is 5.06. The van der Waals surface area contributed by atoms with Crippen LogP contribution in [0.5, 0.6) is 5.75 Å². The number of ether oxygens (including phenoxy) is 1. The fourth-order valence-electron chi connectivity index (χ4n) is 6.25. The van der Waals surface area contributed by atoms with Crippen molar-refractivity contribution in [3.8, 4) is 5.75 Å². The third-order valence-corrected chi connectivity index (χ3v) is 10.9. The van der Waals surface area contributed by atoms with Gasteiger partial charge in [-0.3, -0.25) is 0 Å². The molecule has 0 unspecified atom stereocenters. The molecule has 240 valence electrons. The van der Waals surface area contributed by atoms with Crippen LogP contribution in [0.1, 0.15) is 58.4 Å². The van der Waals surface area contributed by atoms with Gasteiger partial charge in [0.25, 0.3) is 0 Å². The zero-order valence-electron chi connectivity index (χ0n) is 27.8. The van der Waals surface area contributed by atoms with Crippen LogP contribution in [0.4, 0.5) is 11.4 Å². The van der Waals surface area contributed by atoms with Crippen LogP contribution in [0.3, 0.4) is 0 Å². The number of benzene rings is 4. The van der Waals surface area contributed by atoms with Crippen molar-refractivity contribution in [2.45, 2.75) is 61.5 Å². The maximum absolute atomic E-state index is 6.32. The van der Waals surface area contributed by atoms with Crippen LogP contribution in [-0.4, -0.2) is 30.0 Å². The molecule has 1 fully saturated rings. The van der Waals surface area contributed by atoms with Gasteiger partial charge in [0.1, 0.15) is 0 Å². The summed E-state index contributed by atoms with van der Waals surface area (Å²) in [5, 5.41) is 0. The number of hydrogen-bond acceptors (Lipinski definition) is 3. The summed E-state index contributed by atoms with van der Waals surface area (Å²) in [5.41, 5.74) is 13.2. The number of allylic oxidation sites excluding steroid dienone is 1.